The monoisotopic (exact) mass is 300 g/mol. The molecule has 6 heteroatoms. The maximum Gasteiger partial charge on any atom is 0.310 e. The Morgan fingerprint density at radius 3 is 2.24 bits per heavy atom. The lowest BCUT2D eigenvalue weighted by atomic mass is 9.94. The quantitative estimate of drug-likeness (QED) is 0.566. The number of carbonyl (C=O) groups is 3. The molecule has 0 aromatic rings. The topological polar surface area (TPSA) is 75.7 Å². The number of methoxy groups -OCH3 is 1. The van der Waals surface area contributed by atoms with Gasteiger partial charge in [-0.1, -0.05) is 27.7 Å². The molecule has 0 saturated carbocycles. The Labute approximate surface area is 127 Å². The van der Waals surface area contributed by atoms with E-state index in [-0.39, 0.29) is 23.7 Å². The lowest BCUT2D eigenvalue weighted by molar-refractivity contribution is -0.148. The Morgan fingerprint density at radius 2 is 1.81 bits per heavy atom. The third kappa shape index (κ3) is 7.68. The van der Waals surface area contributed by atoms with Gasteiger partial charge in [0.25, 0.3) is 0 Å². The van der Waals surface area contributed by atoms with Gasteiger partial charge in [0.05, 0.1) is 13.0 Å². The zero-order valence-electron chi connectivity index (χ0n) is 14.0. The molecular weight excluding hydrogens is 272 g/mol. The van der Waals surface area contributed by atoms with Crippen LogP contribution in [0.5, 0.6) is 0 Å². The van der Waals surface area contributed by atoms with Gasteiger partial charge in [-0.25, -0.2) is 0 Å². The summed E-state index contributed by atoms with van der Waals surface area (Å²) in [5, 5.41) is 2.70. The first-order valence-electron chi connectivity index (χ1n) is 7.21. The van der Waals surface area contributed by atoms with E-state index in [2.05, 4.69) is 5.32 Å². The Balaban J connectivity index is 4.66. The minimum absolute atomic E-state index is 0.0129. The lowest BCUT2D eigenvalue weighted by Crippen LogP contribution is -2.44. The molecule has 0 spiro atoms. The van der Waals surface area contributed by atoms with Crippen molar-refractivity contribution in [2.45, 2.75) is 41.0 Å². The first-order valence-corrected chi connectivity index (χ1v) is 7.21. The molecule has 1 unspecified atom stereocenters. The summed E-state index contributed by atoms with van der Waals surface area (Å²) in [7, 11) is 1.34. The van der Waals surface area contributed by atoms with Gasteiger partial charge in [-0.3, -0.25) is 14.4 Å². The summed E-state index contributed by atoms with van der Waals surface area (Å²) in [4.78, 5) is 36.5. The fourth-order valence-corrected chi connectivity index (χ4v) is 1.89. The molecular formula is C15H28N2O4. The van der Waals surface area contributed by atoms with Crippen LogP contribution in [0.15, 0.2) is 0 Å². The van der Waals surface area contributed by atoms with E-state index in [0.717, 1.165) is 0 Å². The Morgan fingerprint density at radius 1 is 1.24 bits per heavy atom. The van der Waals surface area contributed by atoms with Crippen molar-refractivity contribution in [2.75, 3.05) is 26.7 Å². The van der Waals surface area contributed by atoms with Crippen molar-refractivity contribution in [1.29, 1.82) is 0 Å². The van der Waals surface area contributed by atoms with Crippen LogP contribution in [0, 0.1) is 11.3 Å². The summed E-state index contributed by atoms with van der Waals surface area (Å²) < 4.78 is 4.70. The number of hydrogen-bond acceptors (Lipinski definition) is 4. The molecule has 0 bridgehead atoms. The van der Waals surface area contributed by atoms with Crippen LogP contribution in [0.4, 0.5) is 0 Å². The number of nitrogens with one attached hydrogen (secondary N) is 1. The molecule has 0 saturated heterocycles. The highest BCUT2D eigenvalue weighted by molar-refractivity contribution is 5.82. The first-order chi connectivity index (χ1) is 9.59. The zero-order chi connectivity index (χ0) is 16.6. The largest absolute Gasteiger partial charge is 0.469 e. The van der Waals surface area contributed by atoms with Crippen molar-refractivity contribution in [3.63, 3.8) is 0 Å². The number of ether oxygens (including phenoxy) is 1. The minimum Gasteiger partial charge on any atom is -0.469 e. The summed E-state index contributed by atoms with van der Waals surface area (Å²) in [5.74, 6) is -0.807. The van der Waals surface area contributed by atoms with Gasteiger partial charge < -0.3 is 15.0 Å². The molecule has 0 aromatic carbocycles. The van der Waals surface area contributed by atoms with Gasteiger partial charge in [0.1, 0.15) is 0 Å². The molecule has 0 rings (SSSR count). The molecule has 21 heavy (non-hydrogen) atoms. The third-order valence-corrected chi connectivity index (χ3v) is 3.01. The molecule has 1 atom stereocenters. The summed E-state index contributed by atoms with van der Waals surface area (Å²) in [6, 6.07) is 0. The first kappa shape index (κ1) is 19.4. The van der Waals surface area contributed by atoms with Gasteiger partial charge >= 0.3 is 5.97 Å². The standard InChI is InChI=1S/C15H28N2O4/c1-11(13(19)21-6)10-17(14(20)15(3,4)5)9-7-8-16-12(2)18/h11H,7-10H2,1-6H3,(H,16,18). The van der Waals surface area contributed by atoms with Gasteiger partial charge in [0.15, 0.2) is 0 Å². The van der Waals surface area contributed by atoms with Gasteiger partial charge in [-0.2, -0.15) is 0 Å². The van der Waals surface area contributed by atoms with Crippen LogP contribution in [0.3, 0.4) is 0 Å². The number of rotatable bonds is 7. The zero-order valence-corrected chi connectivity index (χ0v) is 14.0. The Kier molecular flexibility index (Phi) is 7.99. The predicted molar refractivity (Wildman–Crippen MR) is 80.5 cm³/mol. The molecule has 0 heterocycles. The molecule has 0 aliphatic heterocycles. The summed E-state index contributed by atoms with van der Waals surface area (Å²) >= 11 is 0. The SMILES string of the molecule is COC(=O)C(C)CN(CCCNC(C)=O)C(=O)C(C)(C)C. The molecule has 0 aliphatic rings. The van der Waals surface area contributed by atoms with E-state index < -0.39 is 5.41 Å². The van der Waals surface area contributed by atoms with Gasteiger partial charge in [0.2, 0.25) is 11.8 Å². The van der Waals surface area contributed by atoms with Crippen LogP contribution in [0.1, 0.15) is 41.0 Å². The van der Waals surface area contributed by atoms with Crippen molar-refractivity contribution in [1.82, 2.24) is 10.2 Å². The predicted octanol–water partition coefficient (Wildman–Crippen LogP) is 1.20. The van der Waals surface area contributed by atoms with Crippen LogP contribution in [0.25, 0.3) is 0 Å². The second kappa shape index (κ2) is 8.64. The van der Waals surface area contributed by atoms with Crippen molar-refractivity contribution in [3.05, 3.63) is 0 Å². The van der Waals surface area contributed by atoms with E-state index in [1.807, 2.05) is 20.8 Å². The van der Waals surface area contributed by atoms with E-state index in [9.17, 15) is 14.4 Å². The average Bonchev–Trinajstić information content (AvgIpc) is 2.38. The molecule has 1 N–H and O–H groups in total. The summed E-state index contributed by atoms with van der Waals surface area (Å²) in [6.07, 6.45) is 0.648. The Hall–Kier alpha value is -1.59. The number of hydrogen-bond donors (Lipinski definition) is 1. The molecule has 122 valence electrons. The van der Waals surface area contributed by atoms with E-state index in [0.29, 0.717) is 26.1 Å². The molecule has 0 fully saturated rings. The van der Waals surface area contributed by atoms with Crippen molar-refractivity contribution in [3.8, 4) is 0 Å². The van der Waals surface area contributed by atoms with Crippen LogP contribution < -0.4 is 5.32 Å². The normalized spacial score (nSPS) is 12.5. The second-order valence-corrected chi connectivity index (χ2v) is 6.26. The third-order valence-electron chi connectivity index (χ3n) is 3.01. The second-order valence-electron chi connectivity index (χ2n) is 6.26. The van der Waals surface area contributed by atoms with Crippen molar-refractivity contribution in [2.24, 2.45) is 11.3 Å². The molecule has 0 radical (unpaired) electrons. The van der Waals surface area contributed by atoms with Gasteiger partial charge in [-0.15, -0.1) is 0 Å². The van der Waals surface area contributed by atoms with E-state index in [4.69, 9.17) is 4.74 Å². The highest BCUT2D eigenvalue weighted by atomic mass is 16.5. The molecule has 0 aliphatic carbocycles. The van der Waals surface area contributed by atoms with E-state index >= 15 is 0 Å². The van der Waals surface area contributed by atoms with Crippen LogP contribution in [-0.2, 0) is 19.1 Å². The maximum atomic E-state index is 12.4. The number of amides is 2. The van der Waals surface area contributed by atoms with Gasteiger partial charge in [-0.05, 0) is 6.42 Å². The number of esters is 1. The summed E-state index contributed by atoms with van der Waals surface area (Å²) in [5.41, 5.74) is -0.510. The number of carbonyl (C=O) groups excluding carboxylic acids is 3. The number of nitrogens with zero attached hydrogens (tertiary/aromatic N) is 1. The fourth-order valence-electron chi connectivity index (χ4n) is 1.89. The van der Waals surface area contributed by atoms with Crippen molar-refractivity contribution < 1.29 is 19.1 Å². The smallest absolute Gasteiger partial charge is 0.310 e. The highest BCUT2D eigenvalue weighted by Gasteiger charge is 2.29. The maximum absolute atomic E-state index is 12.4. The van der Waals surface area contributed by atoms with Crippen LogP contribution in [-0.4, -0.2) is 49.4 Å². The highest BCUT2D eigenvalue weighted by Crippen LogP contribution is 2.19. The van der Waals surface area contributed by atoms with Gasteiger partial charge in [0, 0.05) is 32.0 Å². The Bertz CT molecular complexity index is 374. The minimum atomic E-state index is -0.510. The molecule has 0 aromatic heterocycles. The fraction of sp³-hybridized carbons (Fsp3) is 0.800. The average molecular weight is 300 g/mol. The summed E-state index contributed by atoms with van der Waals surface area (Å²) in [6.45, 7) is 10.1. The molecule has 6 nitrogen and oxygen atoms in total. The van der Waals surface area contributed by atoms with Crippen LogP contribution in [0.2, 0.25) is 0 Å². The van der Waals surface area contributed by atoms with E-state index in [1.54, 1.807) is 11.8 Å². The molecule has 2 amide bonds. The van der Waals surface area contributed by atoms with Crippen LogP contribution >= 0.6 is 0 Å². The van der Waals surface area contributed by atoms with E-state index in [1.165, 1.54) is 14.0 Å². The lowest BCUT2D eigenvalue weighted by Gasteiger charge is -2.31. The van der Waals surface area contributed by atoms with Crippen molar-refractivity contribution >= 4 is 17.8 Å².